The van der Waals surface area contributed by atoms with Crippen LogP contribution in [0.3, 0.4) is 0 Å². The van der Waals surface area contributed by atoms with Gasteiger partial charge in [0.15, 0.2) is 0 Å². The molecule has 0 atom stereocenters. The summed E-state index contributed by atoms with van der Waals surface area (Å²) in [6.45, 7) is 0. The first-order valence-electron chi connectivity index (χ1n) is 7.26. The number of hydrogen-bond donors (Lipinski definition) is 1. The van der Waals surface area contributed by atoms with Crippen LogP contribution in [0.2, 0.25) is 5.02 Å². The second-order valence-corrected chi connectivity index (χ2v) is 6.02. The summed E-state index contributed by atoms with van der Waals surface area (Å²) < 4.78 is 0. The fraction of sp³-hybridized carbons (Fsp3) is 0.235. The van der Waals surface area contributed by atoms with E-state index in [0.717, 1.165) is 0 Å². The number of halogens is 1. The summed E-state index contributed by atoms with van der Waals surface area (Å²) in [6, 6.07) is 8.14. The molecule has 24 heavy (non-hydrogen) atoms. The predicted molar refractivity (Wildman–Crippen MR) is 96.0 cm³/mol. The number of benzene rings is 1. The normalized spacial score (nSPS) is 10.2. The summed E-state index contributed by atoms with van der Waals surface area (Å²) in [4.78, 5) is 32.1. The van der Waals surface area contributed by atoms with Gasteiger partial charge in [0.1, 0.15) is 5.82 Å². The van der Waals surface area contributed by atoms with Gasteiger partial charge in [0.2, 0.25) is 0 Å². The Morgan fingerprint density at radius 2 is 1.83 bits per heavy atom. The van der Waals surface area contributed by atoms with Gasteiger partial charge in [-0.25, -0.2) is 4.98 Å². The number of aromatic nitrogens is 1. The molecule has 2 amide bonds. The van der Waals surface area contributed by atoms with Crippen molar-refractivity contribution in [2.24, 2.45) is 0 Å². The van der Waals surface area contributed by atoms with E-state index in [1.165, 1.54) is 4.90 Å². The SMILES string of the molecule is CN(C)C(=O)c1ccc(Cl)c(NC(=O)c2cccnc2N(C)C)c1. The van der Waals surface area contributed by atoms with Crippen LogP contribution in [0.25, 0.3) is 0 Å². The molecular formula is C17H19ClN4O2. The molecular weight excluding hydrogens is 328 g/mol. The number of nitrogens with one attached hydrogen (secondary N) is 1. The Hall–Kier alpha value is -2.60. The van der Waals surface area contributed by atoms with Crippen LogP contribution in [0.5, 0.6) is 0 Å². The Kier molecular flexibility index (Phi) is 5.41. The molecule has 1 aromatic heterocycles. The highest BCUT2D eigenvalue weighted by molar-refractivity contribution is 6.34. The van der Waals surface area contributed by atoms with Crippen LogP contribution in [0, 0.1) is 0 Å². The summed E-state index contributed by atoms with van der Waals surface area (Å²) in [7, 11) is 6.94. The minimum Gasteiger partial charge on any atom is -0.362 e. The molecule has 0 saturated heterocycles. The van der Waals surface area contributed by atoms with E-state index in [1.54, 1.807) is 55.5 Å². The largest absolute Gasteiger partial charge is 0.362 e. The Bertz CT molecular complexity index is 775. The Morgan fingerprint density at radius 3 is 2.46 bits per heavy atom. The van der Waals surface area contributed by atoms with Crippen LogP contribution in [-0.4, -0.2) is 49.9 Å². The van der Waals surface area contributed by atoms with E-state index in [-0.39, 0.29) is 11.8 Å². The molecule has 0 bridgehead atoms. The monoisotopic (exact) mass is 346 g/mol. The maximum atomic E-state index is 12.6. The molecule has 0 aliphatic rings. The van der Waals surface area contributed by atoms with Crippen LogP contribution < -0.4 is 10.2 Å². The number of carbonyl (C=O) groups is 2. The summed E-state index contributed by atoms with van der Waals surface area (Å²) in [5, 5.41) is 3.10. The number of nitrogens with zero attached hydrogens (tertiary/aromatic N) is 3. The van der Waals surface area contributed by atoms with Gasteiger partial charge in [-0.15, -0.1) is 0 Å². The molecule has 0 spiro atoms. The zero-order valence-corrected chi connectivity index (χ0v) is 14.8. The molecule has 6 nitrogen and oxygen atoms in total. The first-order chi connectivity index (χ1) is 11.3. The Morgan fingerprint density at radius 1 is 1.12 bits per heavy atom. The third-order valence-corrected chi connectivity index (χ3v) is 3.65. The van der Waals surface area contributed by atoms with Gasteiger partial charge in [0, 0.05) is 40.0 Å². The number of hydrogen-bond acceptors (Lipinski definition) is 4. The molecule has 126 valence electrons. The number of carbonyl (C=O) groups excluding carboxylic acids is 2. The lowest BCUT2D eigenvalue weighted by Gasteiger charge is -2.16. The topological polar surface area (TPSA) is 65.5 Å². The van der Waals surface area contributed by atoms with Crippen LogP contribution in [-0.2, 0) is 0 Å². The molecule has 2 aromatic rings. The highest BCUT2D eigenvalue weighted by Crippen LogP contribution is 2.25. The van der Waals surface area contributed by atoms with Crippen LogP contribution >= 0.6 is 11.6 Å². The van der Waals surface area contributed by atoms with Gasteiger partial charge >= 0.3 is 0 Å². The van der Waals surface area contributed by atoms with Crippen molar-refractivity contribution in [1.29, 1.82) is 0 Å². The highest BCUT2D eigenvalue weighted by atomic mass is 35.5. The van der Waals surface area contributed by atoms with Crippen molar-refractivity contribution in [2.45, 2.75) is 0 Å². The first kappa shape index (κ1) is 17.7. The van der Waals surface area contributed by atoms with E-state index in [0.29, 0.717) is 27.7 Å². The van der Waals surface area contributed by atoms with E-state index in [1.807, 2.05) is 14.1 Å². The summed E-state index contributed by atoms with van der Waals surface area (Å²) in [5.41, 5.74) is 1.24. The second kappa shape index (κ2) is 7.31. The van der Waals surface area contributed by atoms with Gasteiger partial charge in [0.05, 0.1) is 16.3 Å². The third kappa shape index (κ3) is 3.83. The first-order valence-corrected chi connectivity index (χ1v) is 7.64. The van der Waals surface area contributed by atoms with Gasteiger partial charge in [-0.3, -0.25) is 9.59 Å². The van der Waals surface area contributed by atoms with Crippen molar-refractivity contribution < 1.29 is 9.59 Å². The molecule has 1 heterocycles. The number of anilines is 2. The van der Waals surface area contributed by atoms with Gasteiger partial charge in [-0.2, -0.15) is 0 Å². The lowest BCUT2D eigenvalue weighted by molar-refractivity contribution is 0.0827. The highest BCUT2D eigenvalue weighted by Gasteiger charge is 2.16. The van der Waals surface area contributed by atoms with Crippen molar-refractivity contribution in [1.82, 2.24) is 9.88 Å². The summed E-state index contributed by atoms with van der Waals surface area (Å²) >= 11 is 6.15. The lowest BCUT2D eigenvalue weighted by atomic mass is 10.1. The molecule has 0 saturated carbocycles. The fourth-order valence-corrected chi connectivity index (χ4v) is 2.30. The summed E-state index contributed by atoms with van der Waals surface area (Å²) in [5.74, 6) is 0.0346. The zero-order chi connectivity index (χ0) is 17.9. The quantitative estimate of drug-likeness (QED) is 0.924. The Balaban J connectivity index is 2.33. The van der Waals surface area contributed by atoms with Crippen molar-refractivity contribution in [3.05, 3.63) is 52.7 Å². The van der Waals surface area contributed by atoms with Crippen molar-refractivity contribution in [3.63, 3.8) is 0 Å². The average Bonchev–Trinajstić information content (AvgIpc) is 2.55. The minimum atomic E-state index is -0.344. The van der Waals surface area contributed by atoms with E-state index in [2.05, 4.69) is 10.3 Å². The van der Waals surface area contributed by atoms with E-state index in [9.17, 15) is 9.59 Å². The van der Waals surface area contributed by atoms with E-state index < -0.39 is 0 Å². The third-order valence-electron chi connectivity index (χ3n) is 3.32. The van der Waals surface area contributed by atoms with E-state index >= 15 is 0 Å². The number of rotatable bonds is 4. The molecule has 0 radical (unpaired) electrons. The van der Waals surface area contributed by atoms with Gasteiger partial charge in [-0.1, -0.05) is 11.6 Å². The standard InChI is InChI=1S/C17H19ClN4O2/c1-21(2)15-12(6-5-9-19-15)16(23)20-14-10-11(7-8-13(14)18)17(24)22(3)4/h5-10H,1-4H3,(H,20,23). The summed E-state index contributed by atoms with van der Waals surface area (Å²) in [6.07, 6.45) is 1.62. The number of pyridine rings is 1. The van der Waals surface area contributed by atoms with Crippen molar-refractivity contribution in [2.75, 3.05) is 38.4 Å². The molecule has 0 fully saturated rings. The average molecular weight is 347 g/mol. The lowest BCUT2D eigenvalue weighted by Crippen LogP contribution is -2.22. The molecule has 0 aliphatic carbocycles. The maximum Gasteiger partial charge on any atom is 0.259 e. The number of amides is 2. The maximum absolute atomic E-state index is 12.6. The van der Waals surface area contributed by atoms with Gasteiger partial charge in [-0.05, 0) is 30.3 Å². The van der Waals surface area contributed by atoms with Crippen LogP contribution in [0.15, 0.2) is 36.5 Å². The van der Waals surface area contributed by atoms with Crippen molar-refractivity contribution in [3.8, 4) is 0 Å². The molecule has 0 aliphatic heterocycles. The molecule has 0 unspecified atom stereocenters. The molecule has 2 rings (SSSR count). The second-order valence-electron chi connectivity index (χ2n) is 5.62. The molecule has 7 heteroatoms. The van der Waals surface area contributed by atoms with E-state index in [4.69, 9.17) is 11.6 Å². The molecule has 1 aromatic carbocycles. The van der Waals surface area contributed by atoms with Gasteiger partial charge < -0.3 is 15.1 Å². The molecule has 1 N–H and O–H groups in total. The zero-order valence-electron chi connectivity index (χ0n) is 14.0. The van der Waals surface area contributed by atoms with Crippen molar-refractivity contribution >= 4 is 34.9 Å². The van der Waals surface area contributed by atoms with Crippen LogP contribution in [0.1, 0.15) is 20.7 Å². The van der Waals surface area contributed by atoms with Crippen LogP contribution in [0.4, 0.5) is 11.5 Å². The fourth-order valence-electron chi connectivity index (χ4n) is 2.13. The smallest absolute Gasteiger partial charge is 0.259 e. The Labute approximate surface area is 146 Å². The predicted octanol–water partition coefficient (Wildman–Crippen LogP) is 2.76. The minimum absolute atomic E-state index is 0.169. The van der Waals surface area contributed by atoms with Gasteiger partial charge in [0.25, 0.3) is 11.8 Å².